The Hall–Kier alpha value is -2.60. The normalized spacial score (nSPS) is 11.5. The summed E-state index contributed by atoms with van der Waals surface area (Å²) in [5.41, 5.74) is 6.01. The predicted octanol–water partition coefficient (Wildman–Crippen LogP) is -0.221. The maximum Gasteiger partial charge on any atom is 0.335 e. The van der Waals surface area contributed by atoms with E-state index in [1.54, 1.807) is 23.8 Å². The fraction of sp³-hybridized carbons (Fsp3) is 0.100. The van der Waals surface area contributed by atoms with Crippen molar-refractivity contribution in [1.29, 1.82) is 5.26 Å². The van der Waals surface area contributed by atoms with Gasteiger partial charge in [0.15, 0.2) is 0 Å². The van der Waals surface area contributed by atoms with Gasteiger partial charge in [-0.25, -0.2) is 17.9 Å². The SMILES string of the molecule is Cc1ccc(S(=O)(=O)NC(=O)NC(N)=NC#N)cc1. The van der Waals surface area contributed by atoms with Crippen molar-refractivity contribution in [2.45, 2.75) is 11.8 Å². The number of carbonyl (C=O) groups is 1. The van der Waals surface area contributed by atoms with Gasteiger partial charge in [-0.15, -0.1) is 4.99 Å². The molecule has 2 amide bonds. The topological polar surface area (TPSA) is 137 Å². The van der Waals surface area contributed by atoms with Crippen LogP contribution in [0.3, 0.4) is 0 Å². The maximum absolute atomic E-state index is 11.8. The lowest BCUT2D eigenvalue weighted by molar-refractivity contribution is 0.250. The van der Waals surface area contributed by atoms with E-state index < -0.39 is 22.0 Å². The third kappa shape index (κ3) is 4.29. The number of aryl methyl sites for hydroxylation is 1. The minimum absolute atomic E-state index is 0.0657. The molecule has 0 saturated carbocycles. The fourth-order valence-electron chi connectivity index (χ4n) is 1.12. The molecular formula is C10H11N5O3S. The van der Waals surface area contributed by atoms with Gasteiger partial charge in [-0.1, -0.05) is 17.7 Å². The summed E-state index contributed by atoms with van der Waals surface area (Å²) in [6.45, 7) is 1.80. The first-order valence-electron chi connectivity index (χ1n) is 4.98. The number of urea groups is 1. The quantitative estimate of drug-likeness (QED) is 0.391. The van der Waals surface area contributed by atoms with Gasteiger partial charge in [0.2, 0.25) is 12.2 Å². The number of amides is 2. The Morgan fingerprint density at radius 1 is 1.37 bits per heavy atom. The Bertz CT molecular complexity index is 643. The number of nitrogens with two attached hydrogens (primary N) is 1. The minimum atomic E-state index is -3.99. The molecule has 4 N–H and O–H groups in total. The number of guanidine groups is 1. The van der Waals surface area contributed by atoms with Gasteiger partial charge in [0.1, 0.15) is 0 Å². The molecule has 0 aromatic heterocycles. The first-order valence-corrected chi connectivity index (χ1v) is 6.46. The van der Waals surface area contributed by atoms with Crippen molar-refractivity contribution in [2.75, 3.05) is 0 Å². The summed E-state index contributed by atoms with van der Waals surface area (Å²) in [6, 6.07) is 4.81. The monoisotopic (exact) mass is 281 g/mol. The molecule has 0 saturated heterocycles. The highest BCUT2D eigenvalue weighted by Crippen LogP contribution is 2.09. The number of benzene rings is 1. The van der Waals surface area contributed by atoms with Crippen LogP contribution in [0.5, 0.6) is 0 Å². The molecule has 0 radical (unpaired) electrons. The lowest BCUT2D eigenvalue weighted by atomic mass is 10.2. The van der Waals surface area contributed by atoms with Crippen molar-refractivity contribution in [2.24, 2.45) is 10.7 Å². The minimum Gasteiger partial charge on any atom is -0.369 e. The average molecular weight is 281 g/mol. The molecule has 9 heteroatoms. The Kier molecular flexibility index (Phi) is 4.44. The van der Waals surface area contributed by atoms with E-state index in [4.69, 9.17) is 11.0 Å². The number of nitrogens with zero attached hydrogens (tertiary/aromatic N) is 2. The zero-order valence-corrected chi connectivity index (χ0v) is 10.7. The number of aliphatic imine (C=N–C) groups is 1. The van der Waals surface area contributed by atoms with Crippen LogP contribution in [0.1, 0.15) is 5.56 Å². The van der Waals surface area contributed by atoms with E-state index in [0.29, 0.717) is 0 Å². The first kappa shape index (κ1) is 14.5. The molecule has 0 heterocycles. The number of nitriles is 1. The summed E-state index contributed by atoms with van der Waals surface area (Å²) < 4.78 is 25.3. The number of carbonyl (C=O) groups excluding carboxylic acids is 1. The Morgan fingerprint density at radius 2 is 1.95 bits per heavy atom. The van der Waals surface area contributed by atoms with Crippen molar-refractivity contribution in [1.82, 2.24) is 10.0 Å². The van der Waals surface area contributed by atoms with E-state index in [-0.39, 0.29) is 4.90 Å². The van der Waals surface area contributed by atoms with Crippen LogP contribution in [0, 0.1) is 18.4 Å². The summed E-state index contributed by atoms with van der Waals surface area (Å²) >= 11 is 0. The van der Waals surface area contributed by atoms with E-state index in [9.17, 15) is 13.2 Å². The van der Waals surface area contributed by atoms with Crippen LogP contribution in [-0.2, 0) is 10.0 Å². The zero-order chi connectivity index (χ0) is 14.5. The van der Waals surface area contributed by atoms with Crippen LogP contribution in [-0.4, -0.2) is 20.4 Å². The molecule has 1 aromatic carbocycles. The van der Waals surface area contributed by atoms with Crippen LogP contribution in [0.2, 0.25) is 0 Å². The third-order valence-electron chi connectivity index (χ3n) is 1.97. The van der Waals surface area contributed by atoms with Gasteiger partial charge < -0.3 is 5.73 Å². The lowest BCUT2D eigenvalue weighted by Crippen LogP contribution is -2.45. The maximum atomic E-state index is 11.8. The predicted molar refractivity (Wildman–Crippen MR) is 67.3 cm³/mol. The van der Waals surface area contributed by atoms with E-state index in [2.05, 4.69) is 4.99 Å². The average Bonchev–Trinajstić information content (AvgIpc) is 2.28. The zero-order valence-electron chi connectivity index (χ0n) is 9.91. The summed E-state index contributed by atoms with van der Waals surface area (Å²) in [5.74, 6) is -0.501. The van der Waals surface area contributed by atoms with Crippen molar-refractivity contribution in [3.63, 3.8) is 0 Å². The van der Waals surface area contributed by atoms with Crippen molar-refractivity contribution < 1.29 is 13.2 Å². The van der Waals surface area contributed by atoms with Crippen LogP contribution in [0.4, 0.5) is 4.79 Å². The number of hydrogen-bond donors (Lipinski definition) is 3. The molecule has 1 aromatic rings. The van der Waals surface area contributed by atoms with Gasteiger partial charge in [-0.3, -0.25) is 5.32 Å². The molecular weight excluding hydrogens is 270 g/mol. The van der Waals surface area contributed by atoms with E-state index in [0.717, 1.165) is 5.56 Å². The van der Waals surface area contributed by atoms with Gasteiger partial charge >= 0.3 is 6.03 Å². The number of hydrogen-bond acceptors (Lipinski definition) is 5. The van der Waals surface area contributed by atoms with Gasteiger partial charge in [-0.05, 0) is 19.1 Å². The van der Waals surface area contributed by atoms with Crippen molar-refractivity contribution in [3.05, 3.63) is 29.8 Å². The number of rotatable bonds is 2. The van der Waals surface area contributed by atoms with Gasteiger partial charge in [-0.2, -0.15) is 5.26 Å². The second-order valence-electron chi connectivity index (χ2n) is 3.47. The second kappa shape index (κ2) is 5.83. The van der Waals surface area contributed by atoms with E-state index in [1.165, 1.54) is 18.3 Å². The van der Waals surface area contributed by atoms with Crippen LogP contribution in [0.25, 0.3) is 0 Å². The molecule has 0 aliphatic heterocycles. The van der Waals surface area contributed by atoms with Crippen molar-refractivity contribution >= 4 is 22.0 Å². The largest absolute Gasteiger partial charge is 0.369 e. The van der Waals surface area contributed by atoms with Crippen LogP contribution < -0.4 is 15.8 Å². The highest BCUT2D eigenvalue weighted by Gasteiger charge is 2.17. The lowest BCUT2D eigenvalue weighted by Gasteiger charge is -2.07. The molecule has 100 valence electrons. The molecule has 19 heavy (non-hydrogen) atoms. The third-order valence-corrected chi connectivity index (χ3v) is 3.32. The molecule has 0 bridgehead atoms. The molecule has 0 spiro atoms. The van der Waals surface area contributed by atoms with E-state index >= 15 is 0 Å². The first-order chi connectivity index (χ1) is 8.85. The summed E-state index contributed by atoms with van der Waals surface area (Å²) in [6.07, 6.45) is 1.34. The Labute approximate surface area is 110 Å². The molecule has 0 fully saturated rings. The standard InChI is InChI=1S/C10H11N5O3S/c1-7-2-4-8(5-3-7)19(17,18)15-10(16)14-9(12)13-6-11/h2-5H,1H3,(H4,12,13,14,15,16). The van der Waals surface area contributed by atoms with Gasteiger partial charge in [0.05, 0.1) is 4.90 Å². The van der Waals surface area contributed by atoms with Gasteiger partial charge in [0.25, 0.3) is 10.0 Å². The van der Waals surface area contributed by atoms with Crippen LogP contribution in [0.15, 0.2) is 34.2 Å². The molecule has 0 atom stereocenters. The highest BCUT2D eigenvalue weighted by atomic mass is 32.2. The highest BCUT2D eigenvalue weighted by molar-refractivity contribution is 7.90. The Morgan fingerprint density at radius 3 is 2.47 bits per heavy atom. The molecule has 8 nitrogen and oxygen atoms in total. The summed E-state index contributed by atoms with van der Waals surface area (Å²) in [4.78, 5) is 14.3. The molecule has 1 rings (SSSR count). The van der Waals surface area contributed by atoms with Crippen LogP contribution >= 0.6 is 0 Å². The number of nitrogens with one attached hydrogen (secondary N) is 2. The van der Waals surface area contributed by atoms with E-state index in [1.807, 2.05) is 5.32 Å². The molecule has 0 unspecified atom stereocenters. The second-order valence-corrected chi connectivity index (χ2v) is 5.15. The molecule has 0 aliphatic rings. The Balaban J connectivity index is 2.81. The van der Waals surface area contributed by atoms with Crippen molar-refractivity contribution in [3.8, 4) is 6.19 Å². The smallest absolute Gasteiger partial charge is 0.335 e. The molecule has 0 aliphatic carbocycles. The summed E-state index contributed by atoms with van der Waals surface area (Å²) in [5, 5.41) is 10.1. The van der Waals surface area contributed by atoms with Gasteiger partial charge in [0, 0.05) is 0 Å². The fourth-order valence-corrected chi connectivity index (χ4v) is 2.03. The summed E-state index contributed by atoms with van der Waals surface area (Å²) in [7, 11) is -3.99. The number of sulfonamides is 1.